The molecule has 0 saturated carbocycles. The van der Waals surface area contributed by atoms with Gasteiger partial charge >= 0.3 is 0 Å². The van der Waals surface area contributed by atoms with E-state index in [1.54, 1.807) is 18.1 Å². The molecule has 5 heteroatoms. The zero-order valence-electron chi connectivity index (χ0n) is 11.7. The van der Waals surface area contributed by atoms with E-state index in [9.17, 15) is 4.79 Å². The molecule has 1 rings (SSSR count). The topological polar surface area (TPSA) is 59.0 Å². The van der Waals surface area contributed by atoms with Crippen LogP contribution in [0.5, 0.6) is 11.5 Å². The second-order valence-electron chi connectivity index (χ2n) is 4.14. The normalized spacial score (nSPS) is 10.1. The van der Waals surface area contributed by atoms with E-state index in [0.29, 0.717) is 24.6 Å². The lowest BCUT2D eigenvalue weighted by molar-refractivity contribution is -0.133. The Hall–Kier alpha value is -1.75. The molecule has 106 valence electrons. The molecule has 0 heterocycles. The monoisotopic (exact) mass is 267 g/mol. The van der Waals surface area contributed by atoms with Gasteiger partial charge in [-0.15, -0.1) is 0 Å². The Morgan fingerprint density at radius 3 is 2.68 bits per heavy atom. The van der Waals surface area contributed by atoms with Crippen molar-refractivity contribution in [3.05, 3.63) is 23.8 Å². The van der Waals surface area contributed by atoms with Crippen molar-refractivity contribution in [2.45, 2.75) is 13.8 Å². The highest BCUT2D eigenvalue weighted by Crippen LogP contribution is 2.27. The number of amides is 1. The average molecular weight is 267 g/mol. The zero-order chi connectivity index (χ0) is 14.3. The van der Waals surface area contributed by atoms with Gasteiger partial charge in [-0.2, -0.15) is 0 Å². The summed E-state index contributed by atoms with van der Waals surface area (Å²) in [6.07, 6.45) is 0. The van der Waals surface area contributed by atoms with E-state index < -0.39 is 0 Å². The molecule has 1 amide bonds. The molecule has 5 nitrogen and oxygen atoms in total. The summed E-state index contributed by atoms with van der Waals surface area (Å²) in [4.78, 5) is 13.4. The number of aryl methyl sites for hydroxylation is 1. The first-order valence-corrected chi connectivity index (χ1v) is 6.28. The van der Waals surface area contributed by atoms with Crippen molar-refractivity contribution in [3.8, 4) is 11.5 Å². The van der Waals surface area contributed by atoms with Crippen LogP contribution in [0, 0.1) is 6.92 Å². The lowest BCUT2D eigenvalue weighted by atomic mass is 10.2. The van der Waals surface area contributed by atoms with Crippen molar-refractivity contribution in [2.24, 2.45) is 0 Å². The Morgan fingerprint density at radius 2 is 2.11 bits per heavy atom. The molecule has 0 aliphatic rings. The molecule has 0 saturated heterocycles. The molecule has 0 bridgehead atoms. The maximum atomic E-state index is 11.9. The van der Waals surface area contributed by atoms with Crippen molar-refractivity contribution in [1.29, 1.82) is 0 Å². The number of aliphatic hydroxyl groups excluding tert-OH is 1. The number of nitrogens with zero attached hydrogens (tertiary/aromatic N) is 1. The van der Waals surface area contributed by atoms with Gasteiger partial charge in [-0.1, -0.05) is 6.07 Å². The lowest BCUT2D eigenvalue weighted by Crippen LogP contribution is -2.36. The van der Waals surface area contributed by atoms with Crippen LogP contribution in [-0.2, 0) is 4.79 Å². The average Bonchev–Trinajstić information content (AvgIpc) is 2.42. The molecule has 0 unspecified atom stereocenters. The largest absolute Gasteiger partial charge is 0.493 e. The molecular weight excluding hydrogens is 246 g/mol. The molecule has 19 heavy (non-hydrogen) atoms. The van der Waals surface area contributed by atoms with E-state index in [2.05, 4.69) is 0 Å². The maximum Gasteiger partial charge on any atom is 0.260 e. The number of aliphatic hydroxyl groups is 1. The van der Waals surface area contributed by atoms with Crippen molar-refractivity contribution >= 4 is 5.91 Å². The minimum Gasteiger partial charge on any atom is -0.493 e. The molecule has 0 aromatic heterocycles. The Labute approximate surface area is 113 Å². The first-order valence-electron chi connectivity index (χ1n) is 6.28. The Morgan fingerprint density at radius 1 is 1.37 bits per heavy atom. The van der Waals surface area contributed by atoms with Crippen LogP contribution in [0.3, 0.4) is 0 Å². The summed E-state index contributed by atoms with van der Waals surface area (Å²) in [6.45, 7) is 4.58. The maximum absolute atomic E-state index is 11.9. The van der Waals surface area contributed by atoms with Crippen LogP contribution < -0.4 is 9.47 Å². The van der Waals surface area contributed by atoms with Gasteiger partial charge in [-0.3, -0.25) is 4.79 Å². The van der Waals surface area contributed by atoms with Crippen LogP contribution >= 0.6 is 0 Å². The predicted molar refractivity (Wildman–Crippen MR) is 72.6 cm³/mol. The molecule has 1 aromatic carbocycles. The van der Waals surface area contributed by atoms with Crippen molar-refractivity contribution in [1.82, 2.24) is 4.90 Å². The number of rotatable bonds is 7. The lowest BCUT2D eigenvalue weighted by Gasteiger charge is -2.20. The summed E-state index contributed by atoms with van der Waals surface area (Å²) in [7, 11) is 1.56. The zero-order valence-corrected chi connectivity index (χ0v) is 11.7. The van der Waals surface area contributed by atoms with Crippen LogP contribution in [0.2, 0.25) is 0 Å². The van der Waals surface area contributed by atoms with Gasteiger partial charge in [0.2, 0.25) is 0 Å². The summed E-state index contributed by atoms with van der Waals surface area (Å²) in [5, 5.41) is 8.86. The van der Waals surface area contributed by atoms with Crippen LogP contribution in [0.25, 0.3) is 0 Å². The van der Waals surface area contributed by atoms with E-state index in [0.717, 1.165) is 5.56 Å². The van der Waals surface area contributed by atoms with E-state index in [1.807, 2.05) is 26.0 Å². The second-order valence-corrected chi connectivity index (χ2v) is 4.14. The summed E-state index contributed by atoms with van der Waals surface area (Å²) in [6, 6.07) is 5.53. The smallest absolute Gasteiger partial charge is 0.260 e. The number of benzene rings is 1. The number of likely N-dealkylation sites (N-methyl/N-ethyl adjacent to an activating group) is 1. The molecule has 0 atom stereocenters. The third kappa shape index (κ3) is 4.44. The number of methoxy groups -OCH3 is 1. The van der Waals surface area contributed by atoms with Gasteiger partial charge in [0.15, 0.2) is 18.1 Å². The highest BCUT2D eigenvalue weighted by molar-refractivity contribution is 5.77. The third-order valence-corrected chi connectivity index (χ3v) is 2.77. The first-order chi connectivity index (χ1) is 9.12. The first kappa shape index (κ1) is 15.3. The van der Waals surface area contributed by atoms with E-state index in [4.69, 9.17) is 14.6 Å². The number of ether oxygens (including phenoxy) is 2. The van der Waals surface area contributed by atoms with Crippen molar-refractivity contribution in [3.63, 3.8) is 0 Å². The molecule has 0 spiro atoms. The van der Waals surface area contributed by atoms with Gasteiger partial charge in [0, 0.05) is 13.1 Å². The fourth-order valence-corrected chi connectivity index (χ4v) is 1.70. The number of hydrogen-bond donors (Lipinski definition) is 1. The SMILES string of the molecule is CCN(CCO)C(=O)COc1ccc(C)cc1OC. The predicted octanol–water partition coefficient (Wildman–Crippen LogP) is 1.22. The molecular formula is C14H21NO4. The van der Waals surface area contributed by atoms with Crippen LogP contribution in [0.15, 0.2) is 18.2 Å². The fourth-order valence-electron chi connectivity index (χ4n) is 1.70. The molecule has 0 aliphatic carbocycles. The number of hydrogen-bond acceptors (Lipinski definition) is 4. The quantitative estimate of drug-likeness (QED) is 0.807. The van der Waals surface area contributed by atoms with Gasteiger partial charge in [0.25, 0.3) is 5.91 Å². The Bertz CT molecular complexity index is 420. The third-order valence-electron chi connectivity index (χ3n) is 2.77. The van der Waals surface area contributed by atoms with E-state index in [1.165, 1.54) is 0 Å². The van der Waals surface area contributed by atoms with Gasteiger partial charge in [-0.05, 0) is 31.5 Å². The Kier molecular flexibility index (Phi) is 6.15. The Balaban J connectivity index is 2.63. The van der Waals surface area contributed by atoms with Crippen LogP contribution in [0.1, 0.15) is 12.5 Å². The fraction of sp³-hybridized carbons (Fsp3) is 0.500. The minimum absolute atomic E-state index is 0.0482. The van der Waals surface area contributed by atoms with Gasteiger partial charge in [-0.25, -0.2) is 0 Å². The van der Waals surface area contributed by atoms with E-state index >= 15 is 0 Å². The van der Waals surface area contributed by atoms with Crippen LogP contribution in [0.4, 0.5) is 0 Å². The summed E-state index contributed by atoms with van der Waals surface area (Å²) >= 11 is 0. The van der Waals surface area contributed by atoms with Gasteiger partial charge < -0.3 is 19.5 Å². The van der Waals surface area contributed by atoms with E-state index in [-0.39, 0.29) is 19.1 Å². The molecule has 0 fully saturated rings. The standard InChI is InChI=1S/C14H21NO4/c1-4-15(7-8-16)14(17)10-19-12-6-5-11(2)9-13(12)18-3/h5-6,9,16H,4,7-8,10H2,1-3H3. The molecule has 1 aromatic rings. The van der Waals surface area contributed by atoms with Crippen molar-refractivity contribution < 1.29 is 19.4 Å². The summed E-state index contributed by atoms with van der Waals surface area (Å²) in [5.41, 5.74) is 1.06. The summed E-state index contributed by atoms with van der Waals surface area (Å²) in [5.74, 6) is 0.999. The second kappa shape index (κ2) is 7.63. The highest BCUT2D eigenvalue weighted by Gasteiger charge is 2.13. The molecule has 0 radical (unpaired) electrons. The van der Waals surface area contributed by atoms with Gasteiger partial charge in [0.05, 0.1) is 13.7 Å². The summed E-state index contributed by atoms with van der Waals surface area (Å²) < 4.78 is 10.7. The molecule has 0 aliphatic heterocycles. The molecule has 1 N–H and O–H groups in total. The minimum atomic E-state index is -0.154. The number of carbonyl (C=O) groups is 1. The highest BCUT2D eigenvalue weighted by atomic mass is 16.5. The number of carbonyl (C=O) groups excluding carboxylic acids is 1. The van der Waals surface area contributed by atoms with Gasteiger partial charge in [0.1, 0.15) is 0 Å². The van der Waals surface area contributed by atoms with Crippen molar-refractivity contribution in [2.75, 3.05) is 33.4 Å². The van der Waals surface area contributed by atoms with Crippen LogP contribution in [-0.4, -0.2) is 49.3 Å².